The minimum absolute atomic E-state index is 0.211. The SMILES string of the molecule is O=C(COc1ccc(Cl)cc1Cl)NC(=S)Nc1ccccc1N1CCCCC1. The minimum Gasteiger partial charge on any atom is -0.482 e. The predicted octanol–water partition coefficient (Wildman–Crippen LogP) is 4.88. The number of hydrogen-bond donors (Lipinski definition) is 2. The van der Waals surface area contributed by atoms with Gasteiger partial charge in [0.05, 0.1) is 16.4 Å². The van der Waals surface area contributed by atoms with Crippen LogP contribution in [0.4, 0.5) is 11.4 Å². The third kappa shape index (κ3) is 5.74. The van der Waals surface area contributed by atoms with E-state index < -0.39 is 0 Å². The van der Waals surface area contributed by atoms with Crippen LogP contribution in [0, 0.1) is 0 Å². The number of para-hydroxylation sites is 2. The van der Waals surface area contributed by atoms with E-state index in [0.29, 0.717) is 15.8 Å². The van der Waals surface area contributed by atoms with Crippen molar-refractivity contribution >= 4 is 57.8 Å². The Kier molecular flexibility index (Phi) is 7.36. The average molecular weight is 438 g/mol. The molecule has 2 aromatic carbocycles. The molecule has 0 bridgehead atoms. The summed E-state index contributed by atoms with van der Waals surface area (Å²) in [4.78, 5) is 14.5. The van der Waals surface area contributed by atoms with E-state index in [1.54, 1.807) is 18.2 Å². The van der Waals surface area contributed by atoms with Gasteiger partial charge in [-0.05, 0) is 61.8 Å². The van der Waals surface area contributed by atoms with E-state index in [9.17, 15) is 4.79 Å². The van der Waals surface area contributed by atoms with E-state index in [1.165, 1.54) is 19.3 Å². The molecular formula is C20H21Cl2N3O2S. The van der Waals surface area contributed by atoms with Crippen LogP contribution in [0.2, 0.25) is 10.0 Å². The molecule has 0 unspecified atom stereocenters. The second-order valence-electron chi connectivity index (χ2n) is 6.43. The first kappa shape index (κ1) is 20.7. The molecule has 1 fully saturated rings. The molecule has 1 aliphatic rings. The number of amides is 1. The van der Waals surface area contributed by atoms with Crippen molar-refractivity contribution in [3.05, 3.63) is 52.5 Å². The first-order valence-electron chi connectivity index (χ1n) is 9.05. The highest BCUT2D eigenvalue weighted by Crippen LogP contribution is 2.28. The predicted molar refractivity (Wildman–Crippen MR) is 119 cm³/mol. The van der Waals surface area contributed by atoms with Crippen molar-refractivity contribution in [3.8, 4) is 5.75 Å². The Morgan fingerprint density at radius 2 is 1.86 bits per heavy atom. The number of benzene rings is 2. The summed E-state index contributed by atoms with van der Waals surface area (Å²) in [5, 5.41) is 6.81. The van der Waals surface area contributed by atoms with Gasteiger partial charge in [-0.3, -0.25) is 10.1 Å². The van der Waals surface area contributed by atoms with E-state index in [-0.39, 0.29) is 17.6 Å². The maximum absolute atomic E-state index is 12.1. The zero-order chi connectivity index (χ0) is 19.9. The number of nitrogens with one attached hydrogen (secondary N) is 2. The maximum atomic E-state index is 12.1. The molecule has 0 atom stereocenters. The minimum atomic E-state index is -0.376. The fraction of sp³-hybridized carbons (Fsp3) is 0.300. The lowest BCUT2D eigenvalue weighted by atomic mass is 10.1. The van der Waals surface area contributed by atoms with Crippen molar-refractivity contribution in [3.63, 3.8) is 0 Å². The Morgan fingerprint density at radius 1 is 1.11 bits per heavy atom. The quantitative estimate of drug-likeness (QED) is 0.652. The summed E-state index contributed by atoms with van der Waals surface area (Å²) in [6, 6.07) is 12.8. The molecule has 2 N–H and O–H groups in total. The maximum Gasteiger partial charge on any atom is 0.264 e. The summed E-state index contributed by atoms with van der Waals surface area (Å²) < 4.78 is 5.43. The summed E-state index contributed by atoms with van der Waals surface area (Å²) >= 11 is 17.2. The largest absolute Gasteiger partial charge is 0.482 e. The monoisotopic (exact) mass is 437 g/mol. The molecule has 0 aliphatic carbocycles. The lowest BCUT2D eigenvalue weighted by Gasteiger charge is -2.30. The molecule has 1 amide bonds. The Hall–Kier alpha value is -2.02. The number of nitrogens with zero attached hydrogens (tertiary/aromatic N) is 1. The topological polar surface area (TPSA) is 53.6 Å². The van der Waals surface area contributed by atoms with E-state index in [1.807, 2.05) is 18.2 Å². The van der Waals surface area contributed by atoms with Crippen molar-refractivity contribution in [2.75, 3.05) is 29.9 Å². The molecule has 3 rings (SSSR count). The van der Waals surface area contributed by atoms with Gasteiger partial charge in [-0.15, -0.1) is 0 Å². The molecule has 0 spiro atoms. The van der Waals surface area contributed by atoms with Crippen LogP contribution < -0.4 is 20.3 Å². The fourth-order valence-corrected chi connectivity index (χ4v) is 3.73. The zero-order valence-electron chi connectivity index (χ0n) is 15.2. The van der Waals surface area contributed by atoms with Gasteiger partial charge in [-0.2, -0.15) is 0 Å². The number of halogens is 2. The fourth-order valence-electron chi connectivity index (χ4n) is 3.04. The van der Waals surface area contributed by atoms with Crippen LogP contribution in [0.5, 0.6) is 5.75 Å². The normalized spacial score (nSPS) is 13.7. The summed E-state index contributed by atoms with van der Waals surface area (Å²) in [5.74, 6) is 0.00880. The van der Waals surface area contributed by atoms with Crippen molar-refractivity contribution in [1.82, 2.24) is 5.32 Å². The molecule has 1 heterocycles. The lowest BCUT2D eigenvalue weighted by Crippen LogP contribution is -2.38. The molecule has 5 nitrogen and oxygen atoms in total. The van der Waals surface area contributed by atoms with Gasteiger partial charge in [0.25, 0.3) is 5.91 Å². The van der Waals surface area contributed by atoms with Gasteiger partial charge in [0.15, 0.2) is 11.7 Å². The number of anilines is 2. The molecule has 28 heavy (non-hydrogen) atoms. The highest BCUT2D eigenvalue weighted by Gasteiger charge is 2.15. The van der Waals surface area contributed by atoms with Gasteiger partial charge < -0.3 is 15.0 Å². The third-order valence-corrected chi connectivity index (χ3v) is 5.09. The van der Waals surface area contributed by atoms with Gasteiger partial charge >= 0.3 is 0 Å². The Bertz CT molecular complexity index is 857. The summed E-state index contributed by atoms with van der Waals surface area (Å²) in [6.45, 7) is 1.83. The average Bonchev–Trinajstić information content (AvgIpc) is 2.68. The number of piperidine rings is 1. The molecule has 2 aromatic rings. The Balaban J connectivity index is 1.54. The number of thiocarbonyl (C=S) groups is 1. The highest BCUT2D eigenvalue weighted by atomic mass is 35.5. The molecule has 0 radical (unpaired) electrons. The number of ether oxygens (including phenoxy) is 1. The van der Waals surface area contributed by atoms with Crippen molar-refractivity contribution < 1.29 is 9.53 Å². The molecule has 148 valence electrons. The van der Waals surface area contributed by atoms with Crippen LogP contribution in [0.3, 0.4) is 0 Å². The van der Waals surface area contributed by atoms with Crippen LogP contribution in [-0.4, -0.2) is 30.7 Å². The molecule has 1 saturated heterocycles. The Morgan fingerprint density at radius 3 is 2.61 bits per heavy atom. The van der Waals surface area contributed by atoms with Gasteiger partial charge in [-0.1, -0.05) is 35.3 Å². The molecule has 8 heteroatoms. The first-order valence-corrected chi connectivity index (χ1v) is 10.2. The van der Waals surface area contributed by atoms with E-state index in [4.69, 9.17) is 40.2 Å². The number of rotatable bonds is 5. The number of carbonyl (C=O) groups excluding carboxylic acids is 1. The number of carbonyl (C=O) groups is 1. The zero-order valence-corrected chi connectivity index (χ0v) is 17.5. The summed E-state index contributed by atoms with van der Waals surface area (Å²) in [5.41, 5.74) is 1.96. The third-order valence-electron chi connectivity index (χ3n) is 4.35. The lowest BCUT2D eigenvalue weighted by molar-refractivity contribution is -0.121. The summed E-state index contributed by atoms with van der Waals surface area (Å²) in [6.07, 6.45) is 3.62. The van der Waals surface area contributed by atoms with E-state index >= 15 is 0 Å². The summed E-state index contributed by atoms with van der Waals surface area (Å²) in [7, 11) is 0. The van der Waals surface area contributed by atoms with Gasteiger partial charge in [0.2, 0.25) is 0 Å². The van der Waals surface area contributed by atoms with Crippen LogP contribution in [0.1, 0.15) is 19.3 Å². The molecule has 1 aliphatic heterocycles. The molecular weight excluding hydrogens is 417 g/mol. The van der Waals surface area contributed by atoms with E-state index in [2.05, 4.69) is 21.6 Å². The molecule has 0 saturated carbocycles. The Labute approximate surface area is 180 Å². The van der Waals surface area contributed by atoms with Crippen molar-refractivity contribution in [1.29, 1.82) is 0 Å². The molecule has 0 aromatic heterocycles. The number of hydrogen-bond acceptors (Lipinski definition) is 4. The first-order chi connectivity index (χ1) is 13.5. The van der Waals surface area contributed by atoms with Gasteiger partial charge in [0.1, 0.15) is 5.75 Å². The van der Waals surface area contributed by atoms with Crippen LogP contribution in [0.25, 0.3) is 0 Å². The van der Waals surface area contributed by atoms with Crippen molar-refractivity contribution in [2.24, 2.45) is 0 Å². The van der Waals surface area contributed by atoms with Gasteiger partial charge in [-0.25, -0.2) is 0 Å². The smallest absolute Gasteiger partial charge is 0.264 e. The second kappa shape index (κ2) is 9.96. The van der Waals surface area contributed by atoms with Gasteiger partial charge in [0, 0.05) is 18.1 Å². The van der Waals surface area contributed by atoms with Crippen LogP contribution in [-0.2, 0) is 4.79 Å². The van der Waals surface area contributed by atoms with Crippen molar-refractivity contribution in [2.45, 2.75) is 19.3 Å². The van der Waals surface area contributed by atoms with Crippen LogP contribution >= 0.6 is 35.4 Å². The second-order valence-corrected chi connectivity index (χ2v) is 7.68. The van der Waals surface area contributed by atoms with Crippen LogP contribution in [0.15, 0.2) is 42.5 Å². The van der Waals surface area contributed by atoms with E-state index in [0.717, 1.165) is 24.5 Å². The highest BCUT2D eigenvalue weighted by molar-refractivity contribution is 7.80. The standard InChI is InChI=1S/C20H21Cl2N3O2S/c21-14-8-9-18(15(22)12-14)27-13-19(26)24-20(28)23-16-6-2-3-7-17(16)25-10-4-1-5-11-25/h2-3,6-9,12H,1,4-5,10-11,13H2,(H2,23,24,26,28).